The number of hydrogen-bond donors (Lipinski definition) is 3. The highest BCUT2D eigenvalue weighted by Gasteiger charge is 2.50. The summed E-state index contributed by atoms with van der Waals surface area (Å²) in [4.78, 5) is 35.2. The molecule has 4 amide bonds. The van der Waals surface area contributed by atoms with E-state index >= 15 is 0 Å². The number of fused-ring (bicyclic) bond motifs is 1. The molecule has 2 fully saturated rings. The molecule has 1 aliphatic heterocycles. The van der Waals surface area contributed by atoms with E-state index in [0.717, 1.165) is 0 Å². The van der Waals surface area contributed by atoms with Crippen LogP contribution in [0, 0.1) is 5.92 Å². The number of ether oxygens (including phenoxy) is 1. The van der Waals surface area contributed by atoms with Crippen LogP contribution in [0.15, 0.2) is 29.2 Å². The highest BCUT2D eigenvalue weighted by molar-refractivity contribution is 7.92. The molecule has 1 aromatic rings. The van der Waals surface area contributed by atoms with Crippen LogP contribution in [0.4, 0.5) is 15.3 Å². The fraction of sp³-hybridized carbons (Fsp3) is 0.438. The van der Waals surface area contributed by atoms with Crippen molar-refractivity contribution in [1.29, 1.82) is 0 Å². The van der Waals surface area contributed by atoms with Crippen molar-refractivity contribution in [3.63, 3.8) is 0 Å². The molecule has 0 bridgehead atoms. The molecule has 3 N–H and O–H groups in total. The van der Waals surface area contributed by atoms with E-state index in [-0.39, 0.29) is 22.1 Å². The van der Waals surface area contributed by atoms with Crippen LogP contribution < -0.4 is 10.6 Å². The van der Waals surface area contributed by atoms with Gasteiger partial charge in [-0.15, -0.1) is 5.06 Å². The first-order valence-corrected chi connectivity index (χ1v) is 9.82. The molecule has 1 aliphatic carbocycles. The van der Waals surface area contributed by atoms with Crippen LogP contribution in [-0.4, -0.2) is 55.1 Å². The average molecular weight is 397 g/mol. The maximum atomic E-state index is 13.2. The van der Waals surface area contributed by atoms with Gasteiger partial charge in [0.05, 0.1) is 29.2 Å². The largest absolute Gasteiger partial charge is 0.453 e. The molecule has 10 nitrogen and oxygen atoms in total. The zero-order valence-corrected chi connectivity index (χ0v) is 15.2. The van der Waals surface area contributed by atoms with Gasteiger partial charge in [-0.2, -0.15) is 0 Å². The van der Waals surface area contributed by atoms with Gasteiger partial charge in [0.1, 0.15) is 0 Å². The van der Waals surface area contributed by atoms with Crippen molar-refractivity contribution in [3.8, 4) is 0 Å². The predicted molar refractivity (Wildman–Crippen MR) is 91.7 cm³/mol. The van der Waals surface area contributed by atoms with Gasteiger partial charge < -0.3 is 10.1 Å². The Morgan fingerprint density at radius 3 is 2.78 bits per heavy atom. The average Bonchev–Trinajstić information content (AvgIpc) is 2.66. The molecule has 2 aliphatic rings. The number of carbonyl (C=O) groups excluding carboxylic acids is 3. The van der Waals surface area contributed by atoms with E-state index in [1.54, 1.807) is 0 Å². The number of amides is 4. The summed E-state index contributed by atoms with van der Waals surface area (Å²) in [6.07, 6.45) is 0.352. The monoisotopic (exact) mass is 397 g/mol. The minimum Gasteiger partial charge on any atom is -0.453 e. The second kappa shape index (κ2) is 7.16. The van der Waals surface area contributed by atoms with Gasteiger partial charge >= 0.3 is 12.1 Å². The number of imide groups is 1. The van der Waals surface area contributed by atoms with Crippen LogP contribution in [0.3, 0.4) is 0 Å². The molecule has 1 heterocycles. The van der Waals surface area contributed by atoms with Gasteiger partial charge in [-0.05, 0) is 31.0 Å². The number of carbonyl (C=O) groups is 3. The highest BCUT2D eigenvalue weighted by Crippen LogP contribution is 2.35. The summed E-state index contributed by atoms with van der Waals surface area (Å²) < 4.78 is 30.8. The number of hydrogen-bond acceptors (Lipinski definition) is 7. The molecule has 1 saturated heterocycles. The second-order valence-electron chi connectivity index (χ2n) is 6.39. The number of methoxy groups -OCH3 is 1. The van der Waals surface area contributed by atoms with E-state index < -0.39 is 45.1 Å². The Bertz CT molecular complexity index is 886. The Labute approximate surface area is 155 Å². The van der Waals surface area contributed by atoms with Gasteiger partial charge in [0.25, 0.3) is 5.91 Å². The van der Waals surface area contributed by atoms with Gasteiger partial charge in [-0.25, -0.2) is 18.0 Å². The van der Waals surface area contributed by atoms with Gasteiger partial charge in [0.15, 0.2) is 9.84 Å². The number of rotatable bonds is 3. The third-order valence-corrected chi connectivity index (χ3v) is 7.08. The van der Waals surface area contributed by atoms with Crippen LogP contribution in [0.5, 0.6) is 0 Å². The van der Waals surface area contributed by atoms with Crippen LogP contribution in [0.2, 0.25) is 0 Å². The maximum Gasteiger partial charge on any atom is 0.411 e. The van der Waals surface area contributed by atoms with E-state index in [9.17, 15) is 28.0 Å². The first-order valence-electron chi connectivity index (χ1n) is 8.28. The van der Waals surface area contributed by atoms with Crippen molar-refractivity contribution in [1.82, 2.24) is 10.4 Å². The fourth-order valence-electron chi connectivity index (χ4n) is 3.53. The summed E-state index contributed by atoms with van der Waals surface area (Å²) in [6, 6.07) is 3.69. The number of benzene rings is 1. The van der Waals surface area contributed by atoms with Gasteiger partial charge in [0.2, 0.25) is 0 Å². The molecule has 3 unspecified atom stereocenters. The number of anilines is 1. The number of nitrogens with one attached hydrogen (secondary N) is 2. The zero-order chi connectivity index (χ0) is 19.8. The van der Waals surface area contributed by atoms with E-state index in [4.69, 9.17) is 0 Å². The van der Waals surface area contributed by atoms with Crippen LogP contribution in [0.25, 0.3) is 0 Å². The molecular weight excluding hydrogens is 378 g/mol. The third-order valence-electron chi connectivity index (χ3n) is 4.84. The number of nitrogens with zero attached hydrogens (tertiary/aromatic N) is 1. The number of sulfone groups is 1. The molecule has 3 rings (SSSR count). The summed E-state index contributed by atoms with van der Waals surface area (Å²) in [5, 5.41) is 13.3. The Kier molecular flexibility index (Phi) is 5.07. The zero-order valence-electron chi connectivity index (χ0n) is 14.4. The Balaban J connectivity index is 1.92. The van der Waals surface area contributed by atoms with Crippen molar-refractivity contribution < 1.29 is 32.7 Å². The topological polar surface area (TPSA) is 142 Å². The molecule has 0 radical (unpaired) electrons. The lowest BCUT2D eigenvalue weighted by Gasteiger charge is -2.41. The molecule has 0 aromatic heterocycles. The van der Waals surface area contributed by atoms with Gasteiger partial charge in [0, 0.05) is 5.69 Å². The van der Waals surface area contributed by atoms with Crippen molar-refractivity contribution in [3.05, 3.63) is 24.3 Å². The lowest BCUT2D eigenvalue weighted by atomic mass is 9.82. The van der Waals surface area contributed by atoms with Gasteiger partial charge in [-0.3, -0.25) is 15.3 Å². The summed E-state index contributed by atoms with van der Waals surface area (Å²) in [5.41, 5.74) is 0.237. The molecule has 0 spiro atoms. The fourth-order valence-corrected chi connectivity index (χ4v) is 5.56. The second-order valence-corrected chi connectivity index (χ2v) is 8.56. The van der Waals surface area contributed by atoms with Gasteiger partial charge in [-0.1, -0.05) is 12.5 Å². The Morgan fingerprint density at radius 2 is 2.07 bits per heavy atom. The molecular formula is C16H19N3O7S. The van der Waals surface area contributed by atoms with Crippen LogP contribution >= 0.6 is 0 Å². The Morgan fingerprint density at radius 1 is 1.33 bits per heavy atom. The summed E-state index contributed by atoms with van der Waals surface area (Å²) >= 11 is 0. The van der Waals surface area contributed by atoms with Crippen molar-refractivity contribution in [2.75, 3.05) is 12.4 Å². The summed E-state index contributed by atoms with van der Waals surface area (Å²) in [7, 11) is -2.74. The molecule has 146 valence electrons. The van der Waals surface area contributed by atoms with Crippen molar-refractivity contribution in [2.24, 2.45) is 5.92 Å². The third kappa shape index (κ3) is 3.47. The van der Waals surface area contributed by atoms with E-state index in [1.165, 1.54) is 31.4 Å². The molecule has 11 heteroatoms. The SMILES string of the molecule is COC(=O)Nc1cccc(S(=O)(=O)C2CCCC3C(=O)N(O)C(=O)NC32)c1. The quantitative estimate of drug-likeness (QED) is 0.649. The smallest absolute Gasteiger partial charge is 0.411 e. The lowest BCUT2D eigenvalue weighted by Crippen LogP contribution is -2.64. The van der Waals surface area contributed by atoms with E-state index in [1.807, 2.05) is 0 Å². The normalized spacial score (nSPS) is 25.4. The molecule has 1 aromatic carbocycles. The van der Waals surface area contributed by atoms with Crippen LogP contribution in [0.1, 0.15) is 19.3 Å². The van der Waals surface area contributed by atoms with Crippen molar-refractivity contribution in [2.45, 2.75) is 35.4 Å². The number of hydroxylamine groups is 2. The first-order chi connectivity index (χ1) is 12.8. The highest BCUT2D eigenvalue weighted by atomic mass is 32.2. The Hall–Kier alpha value is -2.66. The van der Waals surface area contributed by atoms with Crippen molar-refractivity contribution >= 4 is 33.6 Å². The maximum absolute atomic E-state index is 13.2. The lowest BCUT2D eigenvalue weighted by molar-refractivity contribution is -0.163. The summed E-state index contributed by atoms with van der Waals surface area (Å²) in [6.45, 7) is 0. The minimum atomic E-state index is -3.92. The minimum absolute atomic E-state index is 0.00291. The summed E-state index contributed by atoms with van der Waals surface area (Å²) in [5.74, 6) is -1.61. The predicted octanol–water partition coefficient (Wildman–Crippen LogP) is 1.12. The van der Waals surface area contributed by atoms with E-state index in [0.29, 0.717) is 12.8 Å². The number of urea groups is 1. The molecule has 27 heavy (non-hydrogen) atoms. The molecule has 3 atom stereocenters. The molecule has 1 saturated carbocycles. The van der Waals surface area contributed by atoms with Crippen LogP contribution in [-0.2, 0) is 19.4 Å². The standard InChI is InChI=1S/C16H19N3O7S/c1-26-16(22)17-9-4-2-5-10(8-9)27(24,25)12-7-3-6-11-13(12)18-15(21)19(23)14(11)20/h2,4-5,8,11-13,23H,3,6-7H2,1H3,(H,17,22)(H,18,21). The van der Waals surface area contributed by atoms with E-state index in [2.05, 4.69) is 15.4 Å². The first kappa shape index (κ1) is 19.1.